The van der Waals surface area contributed by atoms with E-state index in [1.54, 1.807) is 26.0 Å². The third-order valence-corrected chi connectivity index (χ3v) is 2.86. The van der Waals surface area contributed by atoms with Crippen LogP contribution in [0.15, 0.2) is 28.9 Å². The molecule has 0 radical (unpaired) electrons. The number of rotatable bonds is 5. The number of nitro groups is 1. The van der Waals surface area contributed by atoms with Crippen molar-refractivity contribution in [1.29, 1.82) is 0 Å². The van der Waals surface area contributed by atoms with Gasteiger partial charge in [0.25, 0.3) is 0 Å². The zero-order chi connectivity index (χ0) is 14.7. The Morgan fingerprint density at radius 2 is 2.40 bits per heavy atom. The number of hydrogen-bond acceptors (Lipinski definition) is 5. The number of carbonyl (C=O) groups is 1. The van der Waals surface area contributed by atoms with Gasteiger partial charge in [-0.25, -0.2) is 0 Å². The van der Waals surface area contributed by atoms with E-state index >= 15 is 0 Å². The number of amides is 1. The summed E-state index contributed by atoms with van der Waals surface area (Å²) in [5.41, 5.74) is 0.553. The van der Waals surface area contributed by atoms with Crippen LogP contribution in [-0.4, -0.2) is 20.6 Å². The van der Waals surface area contributed by atoms with E-state index in [9.17, 15) is 14.9 Å². The van der Waals surface area contributed by atoms with Gasteiger partial charge in [0.2, 0.25) is 5.91 Å². The standard InChI is InChI=1S/C12H14N4O4/c1-8-6-11(16(18)19)14-15(8)9(2)12(17)13-7-10-4-3-5-20-10/h3-6,9H,7H2,1-2H3,(H,13,17). The minimum absolute atomic E-state index is 0.262. The zero-order valence-electron chi connectivity index (χ0n) is 11.1. The normalized spacial score (nSPS) is 12.1. The van der Waals surface area contributed by atoms with Crippen LogP contribution < -0.4 is 5.32 Å². The van der Waals surface area contributed by atoms with Crippen molar-refractivity contribution in [3.05, 3.63) is 46.0 Å². The summed E-state index contributed by atoms with van der Waals surface area (Å²) < 4.78 is 6.43. The van der Waals surface area contributed by atoms with Gasteiger partial charge >= 0.3 is 5.82 Å². The molecule has 1 amide bonds. The highest BCUT2D eigenvalue weighted by molar-refractivity contribution is 5.79. The lowest BCUT2D eigenvalue weighted by atomic mass is 10.3. The summed E-state index contributed by atoms with van der Waals surface area (Å²) >= 11 is 0. The summed E-state index contributed by atoms with van der Waals surface area (Å²) in [6.45, 7) is 3.55. The Morgan fingerprint density at radius 1 is 1.65 bits per heavy atom. The maximum Gasteiger partial charge on any atom is 0.390 e. The second-order valence-electron chi connectivity index (χ2n) is 4.32. The lowest BCUT2D eigenvalue weighted by Crippen LogP contribution is -2.31. The molecule has 106 valence electrons. The first-order chi connectivity index (χ1) is 9.49. The van der Waals surface area contributed by atoms with Crippen molar-refractivity contribution in [3.63, 3.8) is 0 Å². The first-order valence-electron chi connectivity index (χ1n) is 5.99. The molecule has 1 N–H and O–H groups in total. The number of nitrogens with one attached hydrogen (secondary N) is 1. The second kappa shape index (κ2) is 5.55. The molecule has 8 nitrogen and oxygen atoms in total. The SMILES string of the molecule is Cc1cc([N+](=O)[O-])nn1C(C)C(=O)NCc1ccco1. The molecule has 1 atom stereocenters. The molecular formula is C12H14N4O4. The Balaban J connectivity index is 2.04. The first-order valence-corrected chi connectivity index (χ1v) is 5.99. The van der Waals surface area contributed by atoms with Crippen molar-refractivity contribution in [1.82, 2.24) is 15.1 Å². The lowest BCUT2D eigenvalue weighted by molar-refractivity contribution is -0.389. The average molecular weight is 278 g/mol. The third-order valence-electron chi connectivity index (χ3n) is 2.86. The van der Waals surface area contributed by atoms with Crippen LogP contribution in [0.3, 0.4) is 0 Å². The minimum Gasteiger partial charge on any atom is -0.467 e. The number of hydrogen-bond donors (Lipinski definition) is 1. The fourth-order valence-electron chi connectivity index (χ4n) is 1.80. The Hall–Kier alpha value is -2.64. The summed E-state index contributed by atoms with van der Waals surface area (Å²) in [6.07, 6.45) is 1.52. The maximum absolute atomic E-state index is 12.0. The highest BCUT2D eigenvalue weighted by atomic mass is 16.6. The Labute approximate surface area is 114 Å². The molecule has 0 aliphatic carbocycles. The van der Waals surface area contributed by atoms with Crippen molar-refractivity contribution in [2.24, 2.45) is 0 Å². The highest BCUT2D eigenvalue weighted by Crippen LogP contribution is 2.16. The van der Waals surface area contributed by atoms with Crippen molar-refractivity contribution in [2.45, 2.75) is 26.4 Å². The van der Waals surface area contributed by atoms with Crippen LogP contribution in [0.5, 0.6) is 0 Å². The van der Waals surface area contributed by atoms with Gasteiger partial charge in [-0.3, -0.25) is 4.79 Å². The van der Waals surface area contributed by atoms with Crippen LogP contribution in [0.1, 0.15) is 24.4 Å². The van der Waals surface area contributed by atoms with Crippen molar-refractivity contribution < 1.29 is 14.1 Å². The third kappa shape index (κ3) is 2.85. The number of nitrogens with zero attached hydrogens (tertiary/aromatic N) is 3. The van der Waals surface area contributed by atoms with Gasteiger partial charge in [-0.1, -0.05) is 0 Å². The van der Waals surface area contributed by atoms with Gasteiger partial charge in [-0.15, -0.1) is 0 Å². The van der Waals surface area contributed by atoms with Crippen molar-refractivity contribution >= 4 is 11.7 Å². The van der Waals surface area contributed by atoms with Crippen LogP contribution in [0.25, 0.3) is 0 Å². The van der Waals surface area contributed by atoms with Crippen LogP contribution in [0.2, 0.25) is 0 Å². The molecule has 0 spiro atoms. The Bertz CT molecular complexity index is 617. The lowest BCUT2D eigenvalue weighted by Gasteiger charge is -2.10. The summed E-state index contributed by atoms with van der Waals surface area (Å²) in [5, 5.41) is 17.2. The van der Waals surface area contributed by atoms with Crippen LogP contribution in [0, 0.1) is 17.0 Å². The zero-order valence-corrected chi connectivity index (χ0v) is 11.1. The molecule has 0 saturated carbocycles. The predicted octanol–water partition coefficient (Wildman–Crippen LogP) is 1.57. The Morgan fingerprint density at radius 3 is 2.95 bits per heavy atom. The van der Waals surface area contributed by atoms with Gasteiger partial charge in [-0.2, -0.15) is 4.68 Å². The molecule has 0 fully saturated rings. The van der Waals surface area contributed by atoms with E-state index in [0.29, 0.717) is 11.5 Å². The minimum atomic E-state index is -0.640. The van der Waals surface area contributed by atoms with Gasteiger partial charge in [0.15, 0.2) is 0 Å². The molecule has 2 aromatic heterocycles. The molecule has 0 aromatic carbocycles. The molecular weight excluding hydrogens is 264 g/mol. The number of carbonyl (C=O) groups excluding carboxylic acids is 1. The van der Waals surface area contributed by atoms with E-state index in [0.717, 1.165) is 0 Å². The van der Waals surface area contributed by atoms with Gasteiger partial charge in [-0.05, 0) is 30.9 Å². The number of aromatic nitrogens is 2. The molecule has 0 aliphatic rings. The van der Waals surface area contributed by atoms with Crippen molar-refractivity contribution in [2.75, 3.05) is 0 Å². The fraction of sp³-hybridized carbons (Fsp3) is 0.333. The topological polar surface area (TPSA) is 103 Å². The second-order valence-corrected chi connectivity index (χ2v) is 4.32. The maximum atomic E-state index is 12.0. The molecule has 0 aliphatic heterocycles. The summed E-state index contributed by atoms with van der Waals surface area (Å²) in [7, 11) is 0. The van der Waals surface area contributed by atoms with E-state index in [-0.39, 0.29) is 18.3 Å². The quantitative estimate of drug-likeness (QED) is 0.660. The van der Waals surface area contributed by atoms with Gasteiger partial charge in [0, 0.05) is 0 Å². The van der Waals surface area contributed by atoms with E-state index in [1.807, 2.05) is 0 Å². The molecule has 2 heterocycles. The monoisotopic (exact) mass is 278 g/mol. The summed E-state index contributed by atoms with van der Waals surface area (Å²) in [6, 6.07) is 4.16. The van der Waals surface area contributed by atoms with Crippen LogP contribution >= 0.6 is 0 Å². The molecule has 2 aromatic rings. The Kier molecular flexibility index (Phi) is 3.83. The first kappa shape index (κ1) is 13.8. The average Bonchev–Trinajstić information content (AvgIpc) is 3.04. The molecule has 0 bridgehead atoms. The molecule has 20 heavy (non-hydrogen) atoms. The van der Waals surface area contributed by atoms with E-state index < -0.39 is 11.0 Å². The molecule has 0 saturated heterocycles. The molecule has 8 heteroatoms. The summed E-state index contributed by atoms with van der Waals surface area (Å²) in [4.78, 5) is 22.1. The van der Waals surface area contributed by atoms with E-state index in [1.165, 1.54) is 17.0 Å². The van der Waals surface area contributed by atoms with Gasteiger partial charge in [0.05, 0.1) is 29.7 Å². The predicted molar refractivity (Wildman–Crippen MR) is 68.9 cm³/mol. The highest BCUT2D eigenvalue weighted by Gasteiger charge is 2.24. The van der Waals surface area contributed by atoms with E-state index in [4.69, 9.17) is 4.42 Å². The van der Waals surface area contributed by atoms with Crippen LogP contribution in [0.4, 0.5) is 5.82 Å². The van der Waals surface area contributed by atoms with Gasteiger partial charge in [0.1, 0.15) is 11.8 Å². The van der Waals surface area contributed by atoms with Gasteiger partial charge < -0.3 is 19.8 Å². The molecule has 1 unspecified atom stereocenters. The smallest absolute Gasteiger partial charge is 0.390 e. The number of furan rings is 1. The summed E-state index contributed by atoms with van der Waals surface area (Å²) in [5.74, 6) is 0.0735. The van der Waals surface area contributed by atoms with E-state index in [2.05, 4.69) is 10.4 Å². The van der Waals surface area contributed by atoms with Crippen LogP contribution in [-0.2, 0) is 11.3 Å². The number of aryl methyl sites for hydroxylation is 1. The van der Waals surface area contributed by atoms with Crippen molar-refractivity contribution in [3.8, 4) is 0 Å². The molecule has 2 rings (SSSR count). The largest absolute Gasteiger partial charge is 0.467 e. The fourth-order valence-corrected chi connectivity index (χ4v) is 1.80.